The molecule has 23 heavy (non-hydrogen) atoms. The molecule has 1 fully saturated rings. The molecule has 0 aromatic carbocycles. The highest BCUT2D eigenvalue weighted by Gasteiger charge is 2.31. The van der Waals surface area contributed by atoms with Crippen molar-refractivity contribution in [1.29, 1.82) is 0 Å². The van der Waals surface area contributed by atoms with Crippen LogP contribution in [0.4, 0.5) is 0 Å². The number of aromatic nitrogens is 3. The molecular formula is C15H18N4O2S2. The molecule has 4 heterocycles. The van der Waals surface area contributed by atoms with Gasteiger partial charge in [0.1, 0.15) is 0 Å². The normalized spacial score (nSPS) is 17.8. The summed E-state index contributed by atoms with van der Waals surface area (Å²) in [5, 5.41) is 17.2. The molecule has 0 aliphatic carbocycles. The van der Waals surface area contributed by atoms with Gasteiger partial charge >= 0.3 is 0 Å². The number of hydrogen-bond donors (Lipinski definition) is 1. The van der Waals surface area contributed by atoms with Crippen LogP contribution in [0.25, 0.3) is 4.96 Å². The second-order valence-corrected chi connectivity index (χ2v) is 7.42. The Morgan fingerprint density at radius 2 is 2.22 bits per heavy atom. The number of aromatic hydroxyl groups is 1. The lowest BCUT2D eigenvalue weighted by Crippen LogP contribution is -2.39. The van der Waals surface area contributed by atoms with E-state index in [0.717, 1.165) is 48.4 Å². The van der Waals surface area contributed by atoms with Gasteiger partial charge in [-0.15, -0.1) is 16.4 Å². The predicted molar refractivity (Wildman–Crippen MR) is 90.5 cm³/mol. The molecule has 1 aliphatic rings. The molecule has 4 rings (SSSR count). The number of ether oxygens (including phenoxy) is 1. The zero-order chi connectivity index (χ0) is 15.8. The van der Waals surface area contributed by atoms with Crippen molar-refractivity contribution in [2.24, 2.45) is 0 Å². The Hall–Kier alpha value is -1.48. The lowest BCUT2D eigenvalue weighted by molar-refractivity contribution is 0.0247. The fourth-order valence-electron chi connectivity index (χ4n) is 2.88. The van der Waals surface area contributed by atoms with Gasteiger partial charge in [0.2, 0.25) is 10.8 Å². The van der Waals surface area contributed by atoms with Gasteiger partial charge < -0.3 is 9.84 Å². The summed E-state index contributed by atoms with van der Waals surface area (Å²) in [6, 6.07) is 4.21. The molecule has 0 saturated carbocycles. The van der Waals surface area contributed by atoms with Crippen LogP contribution in [0.1, 0.15) is 28.5 Å². The number of nitrogens with zero attached hydrogens (tertiary/aromatic N) is 4. The molecule has 0 bridgehead atoms. The van der Waals surface area contributed by atoms with Crippen molar-refractivity contribution in [3.05, 3.63) is 33.1 Å². The van der Waals surface area contributed by atoms with Gasteiger partial charge in [0.05, 0.1) is 24.1 Å². The fourth-order valence-corrected chi connectivity index (χ4v) is 4.94. The van der Waals surface area contributed by atoms with Gasteiger partial charge in [0.15, 0.2) is 5.82 Å². The van der Waals surface area contributed by atoms with E-state index in [0.29, 0.717) is 0 Å². The van der Waals surface area contributed by atoms with E-state index in [1.54, 1.807) is 15.9 Å². The minimum absolute atomic E-state index is 0.0393. The average molecular weight is 350 g/mol. The summed E-state index contributed by atoms with van der Waals surface area (Å²) < 4.78 is 7.05. The number of morpholine rings is 1. The van der Waals surface area contributed by atoms with Gasteiger partial charge in [0.25, 0.3) is 0 Å². The molecule has 0 amide bonds. The van der Waals surface area contributed by atoms with E-state index in [1.807, 2.05) is 6.92 Å². The Bertz CT molecular complexity index is 790. The maximum Gasteiger partial charge on any atom is 0.230 e. The first-order valence-electron chi connectivity index (χ1n) is 7.70. The zero-order valence-electron chi connectivity index (χ0n) is 12.8. The first-order chi connectivity index (χ1) is 11.3. The number of fused-ring (bicyclic) bond motifs is 1. The second kappa shape index (κ2) is 6.20. The first-order valence-corrected chi connectivity index (χ1v) is 9.40. The zero-order valence-corrected chi connectivity index (χ0v) is 14.4. The molecule has 0 radical (unpaired) electrons. The molecule has 122 valence electrons. The van der Waals surface area contributed by atoms with Gasteiger partial charge in [-0.25, -0.2) is 4.98 Å². The average Bonchev–Trinajstić information content (AvgIpc) is 3.29. The van der Waals surface area contributed by atoms with Crippen LogP contribution < -0.4 is 0 Å². The number of thiophene rings is 1. The van der Waals surface area contributed by atoms with E-state index in [-0.39, 0.29) is 11.9 Å². The Morgan fingerprint density at radius 1 is 1.39 bits per heavy atom. The van der Waals surface area contributed by atoms with Gasteiger partial charge in [-0.05, 0) is 11.4 Å². The molecule has 3 aromatic heterocycles. The molecule has 6 nitrogen and oxygen atoms in total. The highest BCUT2D eigenvalue weighted by Crippen LogP contribution is 2.41. The van der Waals surface area contributed by atoms with E-state index in [1.165, 1.54) is 16.2 Å². The highest BCUT2D eigenvalue weighted by molar-refractivity contribution is 7.17. The van der Waals surface area contributed by atoms with Crippen LogP contribution in [0, 0.1) is 0 Å². The summed E-state index contributed by atoms with van der Waals surface area (Å²) >= 11 is 3.24. The smallest absolute Gasteiger partial charge is 0.230 e. The quantitative estimate of drug-likeness (QED) is 0.783. The Kier molecular flexibility index (Phi) is 4.06. The number of rotatable bonds is 4. The topological polar surface area (TPSA) is 62.9 Å². The largest absolute Gasteiger partial charge is 0.492 e. The Morgan fingerprint density at radius 3 is 2.87 bits per heavy atom. The van der Waals surface area contributed by atoms with Crippen LogP contribution in [0.5, 0.6) is 5.88 Å². The molecule has 1 saturated heterocycles. The van der Waals surface area contributed by atoms with E-state index in [4.69, 9.17) is 4.74 Å². The van der Waals surface area contributed by atoms with Crippen molar-refractivity contribution in [2.75, 3.05) is 26.3 Å². The summed E-state index contributed by atoms with van der Waals surface area (Å²) in [4.78, 5) is 9.74. The van der Waals surface area contributed by atoms with Crippen LogP contribution in [0.15, 0.2) is 17.5 Å². The SMILES string of the molecule is CCc1nc2sc([C@@H](c3cccs3)N3CCOCC3)c(O)n2n1. The third-order valence-electron chi connectivity index (χ3n) is 4.03. The van der Waals surface area contributed by atoms with Gasteiger partial charge in [0, 0.05) is 24.4 Å². The molecule has 0 unspecified atom stereocenters. The van der Waals surface area contributed by atoms with Crippen molar-refractivity contribution in [2.45, 2.75) is 19.4 Å². The standard InChI is InChI=1S/C15H18N4O2S2/c1-2-11-16-15-19(17-11)14(20)13(23-15)12(10-4-3-9-22-10)18-5-7-21-8-6-18/h3-4,9,12,20H,2,5-8H2,1H3/t12-/m1/s1. The molecule has 1 aliphatic heterocycles. The maximum atomic E-state index is 10.7. The van der Waals surface area contributed by atoms with Crippen LogP contribution in [0.3, 0.4) is 0 Å². The molecule has 8 heteroatoms. The van der Waals surface area contributed by atoms with Crippen molar-refractivity contribution < 1.29 is 9.84 Å². The van der Waals surface area contributed by atoms with E-state index in [9.17, 15) is 5.11 Å². The highest BCUT2D eigenvalue weighted by atomic mass is 32.1. The van der Waals surface area contributed by atoms with E-state index < -0.39 is 0 Å². The summed E-state index contributed by atoms with van der Waals surface area (Å²) in [5.41, 5.74) is 0. The van der Waals surface area contributed by atoms with Crippen molar-refractivity contribution in [3.63, 3.8) is 0 Å². The summed E-state index contributed by atoms with van der Waals surface area (Å²) in [7, 11) is 0. The fraction of sp³-hybridized carbons (Fsp3) is 0.467. The van der Waals surface area contributed by atoms with Crippen LogP contribution in [-0.2, 0) is 11.2 Å². The Balaban J connectivity index is 1.79. The third-order valence-corrected chi connectivity index (χ3v) is 6.03. The van der Waals surface area contributed by atoms with Crippen LogP contribution in [-0.4, -0.2) is 50.9 Å². The van der Waals surface area contributed by atoms with Crippen molar-refractivity contribution in [1.82, 2.24) is 19.5 Å². The lowest BCUT2D eigenvalue weighted by Gasteiger charge is -2.33. The summed E-state index contributed by atoms with van der Waals surface area (Å²) in [5.74, 6) is 0.972. The monoisotopic (exact) mass is 350 g/mol. The van der Waals surface area contributed by atoms with Gasteiger partial charge in [-0.1, -0.05) is 24.3 Å². The van der Waals surface area contributed by atoms with Crippen LogP contribution in [0.2, 0.25) is 0 Å². The first kappa shape index (κ1) is 15.1. The predicted octanol–water partition coefficient (Wildman–Crippen LogP) is 2.54. The molecule has 0 spiro atoms. The van der Waals surface area contributed by atoms with E-state index >= 15 is 0 Å². The summed E-state index contributed by atoms with van der Waals surface area (Å²) in [6.45, 7) is 5.18. The van der Waals surface area contributed by atoms with Gasteiger partial charge in [-0.3, -0.25) is 4.90 Å². The molecule has 3 aromatic rings. The molecular weight excluding hydrogens is 332 g/mol. The lowest BCUT2D eigenvalue weighted by atomic mass is 10.1. The van der Waals surface area contributed by atoms with Crippen LogP contribution >= 0.6 is 22.7 Å². The minimum Gasteiger partial charge on any atom is -0.492 e. The molecule has 1 atom stereocenters. The van der Waals surface area contributed by atoms with Crippen molar-refractivity contribution >= 4 is 27.6 Å². The third kappa shape index (κ3) is 2.65. The van der Waals surface area contributed by atoms with E-state index in [2.05, 4.69) is 32.5 Å². The van der Waals surface area contributed by atoms with Crippen molar-refractivity contribution in [3.8, 4) is 5.88 Å². The number of hydrogen-bond acceptors (Lipinski definition) is 7. The molecule has 1 N–H and O–H groups in total. The minimum atomic E-state index is 0.0393. The van der Waals surface area contributed by atoms with Gasteiger partial charge in [-0.2, -0.15) is 4.52 Å². The second-order valence-electron chi connectivity index (χ2n) is 5.43. The number of thiazole rings is 1. The number of aryl methyl sites for hydroxylation is 1. The Labute approximate surface area is 142 Å². The maximum absolute atomic E-state index is 10.7. The summed E-state index contributed by atoms with van der Waals surface area (Å²) in [6.07, 6.45) is 0.765.